The van der Waals surface area contributed by atoms with E-state index in [1.54, 1.807) is 45.2 Å². The molecule has 0 spiro atoms. The van der Waals surface area contributed by atoms with Gasteiger partial charge in [0, 0.05) is 12.6 Å². The molecule has 6 nitrogen and oxygen atoms in total. The third-order valence-electron chi connectivity index (χ3n) is 5.80. The van der Waals surface area contributed by atoms with Crippen LogP contribution in [0, 0.1) is 19.7 Å². The Bertz CT molecular complexity index is 1170. The Kier molecular flexibility index (Phi) is 6.34. The number of anilines is 3. The van der Waals surface area contributed by atoms with Crippen molar-refractivity contribution in [3.63, 3.8) is 0 Å². The number of nitrogens with one attached hydrogen (secondary N) is 2. The number of rotatable bonds is 9. The van der Waals surface area contributed by atoms with E-state index in [1.807, 2.05) is 0 Å². The number of benzene rings is 1. The molecule has 0 aliphatic heterocycles. The van der Waals surface area contributed by atoms with Crippen LogP contribution in [-0.2, 0) is 16.8 Å². The van der Waals surface area contributed by atoms with Gasteiger partial charge in [0.25, 0.3) is 5.56 Å². The van der Waals surface area contributed by atoms with Gasteiger partial charge < -0.3 is 15.1 Å². The van der Waals surface area contributed by atoms with Crippen molar-refractivity contribution in [2.75, 3.05) is 10.0 Å². The molecule has 8 heteroatoms. The number of aliphatic hydroxyl groups excluding tert-OH is 1. The molecular formula is C23H30FN3O3S. The van der Waals surface area contributed by atoms with Crippen molar-refractivity contribution in [2.24, 2.45) is 7.05 Å². The first-order valence-electron chi connectivity index (χ1n) is 10.2. The zero-order valence-electron chi connectivity index (χ0n) is 18.2. The fourth-order valence-electron chi connectivity index (χ4n) is 3.77. The Morgan fingerprint density at radius 2 is 2.00 bits per heavy atom. The Morgan fingerprint density at radius 3 is 2.58 bits per heavy atom. The molecule has 2 unspecified atom stereocenters. The summed E-state index contributed by atoms with van der Waals surface area (Å²) < 4.78 is 31.9. The lowest BCUT2D eigenvalue weighted by molar-refractivity contribution is 0.164. The van der Waals surface area contributed by atoms with Crippen LogP contribution in [0.25, 0.3) is 0 Å². The van der Waals surface area contributed by atoms with Crippen molar-refractivity contribution in [1.29, 1.82) is 0 Å². The van der Waals surface area contributed by atoms with E-state index in [0.717, 1.165) is 5.56 Å². The lowest BCUT2D eigenvalue weighted by Crippen LogP contribution is -2.34. The molecule has 2 atom stereocenters. The first kappa shape index (κ1) is 23.1. The number of aliphatic hydroxyl groups is 1. The molecule has 3 N–H and O–H groups in total. The van der Waals surface area contributed by atoms with Gasteiger partial charge in [0.1, 0.15) is 11.6 Å². The molecule has 0 amide bonds. The quantitative estimate of drug-likeness (QED) is 0.403. The predicted molar refractivity (Wildman–Crippen MR) is 127 cm³/mol. The van der Waals surface area contributed by atoms with Crippen LogP contribution in [-0.4, -0.2) is 30.6 Å². The topological polar surface area (TPSA) is 83.4 Å². The van der Waals surface area contributed by atoms with Gasteiger partial charge in [-0.3, -0.25) is 9.36 Å². The zero-order chi connectivity index (χ0) is 23.0. The van der Waals surface area contributed by atoms with Crippen molar-refractivity contribution in [1.82, 2.24) is 4.57 Å². The second-order valence-electron chi connectivity index (χ2n) is 8.40. The fraction of sp³-hybridized carbons (Fsp3) is 0.391. The highest BCUT2D eigenvalue weighted by Gasteiger charge is 2.51. The highest BCUT2D eigenvalue weighted by Crippen LogP contribution is 2.48. The van der Waals surface area contributed by atoms with E-state index in [9.17, 15) is 18.5 Å². The molecular weight excluding hydrogens is 417 g/mol. The van der Waals surface area contributed by atoms with Gasteiger partial charge in [-0.2, -0.15) is 0 Å². The highest BCUT2D eigenvalue weighted by atomic mass is 32.2. The summed E-state index contributed by atoms with van der Waals surface area (Å²) in [6.45, 7) is 7.09. The molecule has 1 aromatic carbocycles. The average molecular weight is 448 g/mol. The van der Waals surface area contributed by atoms with Gasteiger partial charge >= 0.3 is 0 Å². The zero-order valence-corrected chi connectivity index (χ0v) is 19.0. The largest absolute Gasteiger partial charge is 0.393 e. The molecule has 1 aliphatic carbocycles. The summed E-state index contributed by atoms with van der Waals surface area (Å²) in [6, 6.07) is 6.34. The van der Waals surface area contributed by atoms with Crippen LogP contribution in [0.3, 0.4) is 0 Å². The Labute approximate surface area is 183 Å². The molecule has 1 fully saturated rings. The minimum Gasteiger partial charge on any atom is -0.393 e. The molecule has 1 saturated carbocycles. The average Bonchev–Trinajstić information content (AvgIpc) is 3.46. The van der Waals surface area contributed by atoms with Gasteiger partial charge in [-0.15, -0.1) is 6.58 Å². The first-order valence-corrected chi connectivity index (χ1v) is 11.9. The van der Waals surface area contributed by atoms with Crippen LogP contribution in [0.15, 0.2) is 41.7 Å². The van der Waals surface area contributed by atoms with Crippen LogP contribution < -0.4 is 15.6 Å². The van der Waals surface area contributed by atoms with Crippen LogP contribution in [0.4, 0.5) is 21.6 Å². The number of nitrogens with zero attached hydrogens (tertiary/aromatic N) is 1. The summed E-state index contributed by atoms with van der Waals surface area (Å²) in [7, 11) is -1.32. The van der Waals surface area contributed by atoms with Gasteiger partial charge in [0.15, 0.2) is 0 Å². The van der Waals surface area contributed by atoms with Crippen LogP contribution in [0.1, 0.15) is 36.8 Å². The maximum Gasteiger partial charge on any atom is 0.254 e. The minimum absolute atomic E-state index is 0.200. The Morgan fingerprint density at radius 1 is 1.32 bits per heavy atom. The van der Waals surface area contributed by atoms with Gasteiger partial charge in [0.2, 0.25) is 0 Å². The van der Waals surface area contributed by atoms with Crippen molar-refractivity contribution in [2.45, 2.75) is 50.4 Å². The lowest BCUT2D eigenvalue weighted by Gasteiger charge is -2.27. The summed E-state index contributed by atoms with van der Waals surface area (Å²) in [4.78, 5) is 12.5. The smallest absolute Gasteiger partial charge is 0.254 e. The van der Waals surface area contributed by atoms with Crippen molar-refractivity contribution < 1.29 is 13.7 Å². The summed E-state index contributed by atoms with van der Waals surface area (Å²) in [5.41, 5.74) is 1.56. The van der Waals surface area contributed by atoms with Gasteiger partial charge in [-0.25, -0.2) is 8.60 Å². The van der Waals surface area contributed by atoms with Crippen LogP contribution in [0.5, 0.6) is 0 Å². The van der Waals surface area contributed by atoms with Crippen molar-refractivity contribution >= 4 is 32.8 Å². The maximum atomic E-state index is 14.5. The monoisotopic (exact) mass is 447 g/mol. The molecule has 2 aromatic rings. The van der Waals surface area contributed by atoms with E-state index >= 15 is 0 Å². The number of halogens is 1. The molecule has 31 heavy (non-hydrogen) atoms. The van der Waals surface area contributed by atoms with E-state index in [-0.39, 0.29) is 17.1 Å². The summed E-state index contributed by atoms with van der Waals surface area (Å²) in [5.74, 6) is 3.79. The molecule has 168 valence electrons. The minimum atomic E-state index is -2.89. The standard InChI is InChI=1S/C23H30FN3O3S/c1-6-7-17(28)14-23(10-11-23)31(5,30)26-20-13-16(3)22(29)27(4)21(20)25-19-9-8-15(2)12-18(19)24/h6,8-9,12-13,17,25,28H,1,5,7,10-11,14H2,2-4H3,(H,26,30). The maximum absolute atomic E-state index is 14.5. The third kappa shape index (κ3) is 4.70. The van der Waals surface area contributed by atoms with E-state index < -0.39 is 26.4 Å². The number of aromatic nitrogens is 1. The molecule has 3 rings (SSSR count). The Balaban J connectivity index is 1.99. The normalized spacial score (nSPS) is 17.5. The molecule has 0 saturated heterocycles. The van der Waals surface area contributed by atoms with Crippen LogP contribution in [0.2, 0.25) is 0 Å². The summed E-state index contributed by atoms with van der Waals surface area (Å²) in [6.07, 6.45) is 3.09. The van der Waals surface area contributed by atoms with Crippen LogP contribution >= 0.6 is 0 Å². The summed E-state index contributed by atoms with van der Waals surface area (Å²) >= 11 is 0. The van der Waals surface area contributed by atoms with Gasteiger partial charge in [0.05, 0.1) is 31.9 Å². The van der Waals surface area contributed by atoms with E-state index in [4.69, 9.17) is 0 Å². The van der Waals surface area contributed by atoms with E-state index in [0.29, 0.717) is 36.9 Å². The molecule has 1 aliphatic rings. The lowest BCUT2D eigenvalue weighted by atomic mass is 10.1. The number of pyridine rings is 1. The Hall–Kier alpha value is -2.58. The number of hydrogen-bond donors (Lipinski definition) is 3. The number of hydrogen-bond acceptors (Lipinski definition) is 4. The van der Waals surface area contributed by atoms with Crippen molar-refractivity contribution in [3.8, 4) is 0 Å². The first-order chi connectivity index (χ1) is 14.5. The fourth-order valence-corrected chi connectivity index (χ4v) is 5.72. The van der Waals surface area contributed by atoms with Crippen molar-refractivity contribution in [3.05, 3.63) is 64.2 Å². The second-order valence-corrected chi connectivity index (χ2v) is 10.8. The molecule has 0 bridgehead atoms. The number of aryl methyl sites for hydroxylation is 2. The van der Waals surface area contributed by atoms with Gasteiger partial charge in [-0.1, -0.05) is 12.1 Å². The SMILES string of the molecule is C=CCC(O)CC1(S(=C)(=O)Nc2cc(C)c(=O)n(C)c2Nc2ccc(C)cc2F)CC1. The summed E-state index contributed by atoms with van der Waals surface area (Å²) in [5, 5.41) is 13.2. The molecule has 0 radical (unpaired) electrons. The molecule has 1 heterocycles. The second kappa shape index (κ2) is 8.51. The van der Waals surface area contributed by atoms with E-state index in [2.05, 4.69) is 22.5 Å². The molecule has 1 aromatic heterocycles. The third-order valence-corrected chi connectivity index (χ3v) is 8.32. The predicted octanol–water partition coefficient (Wildman–Crippen LogP) is 3.79. The van der Waals surface area contributed by atoms with Gasteiger partial charge in [-0.05, 0) is 69.2 Å². The van der Waals surface area contributed by atoms with E-state index in [1.165, 1.54) is 10.6 Å². The highest BCUT2D eigenvalue weighted by molar-refractivity contribution is 8.03.